The van der Waals surface area contributed by atoms with E-state index in [1.807, 2.05) is 14.0 Å². The first kappa shape index (κ1) is 17.6. The highest BCUT2D eigenvalue weighted by molar-refractivity contribution is 6.31. The van der Waals surface area contributed by atoms with Crippen LogP contribution in [0.4, 0.5) is 13.2 Å². The predicted octanol–water partition coefficient (Wildman–Crippen LogP) is 3.01. The number of halogens is 4. The fraction of sp³-hybridized carbons (Fsp3) is 0.429. The summed E-state index contributed by atoms with van der Waals surface area (Å²) in [6.45, 7) is 1.49. The third-order valence-corrected chi connectivity index (χ3v) is 3.62. The molecule has 23 heavy (non-hydrogen) atoms. The Kier molecular flexibility index (Phi) is 5.48. The fourth-order valence-electron chi connectivity index (χ4n) is 1.85. The minimum absolute atomic E-state index is 0.0607. The highest BCUT2D eigenvalue weighted by atomic mass is 35.5. The monoisotopic (exact) mass is 348 g/mol. The van der Waals surface area contributed by atoms with Crippen molar-refractivity contribution in [2.45, 2.75) is 26.2 Å². The van der Waals surface area contributed by atoms with Gasteiger partial charge < -0.3 is 10.1 Å². The van der Waals surface area contributed by atoms with E-state index < -0.39 is 12.8 Å². The van der Waals surface area contributed by atoms with Crippen molar-refractivity contribution >= 4 is 11.6 Å². The van der Waals surface area contributed by atoms with Gasteiger partial charge in [-0.3, -0.25) is 4.68 Å². The van der Waals surface area contributed by atoms with Crippen LogP contribution in [0.2, 0.25) is 5.02 Å². The van der Waals surface area contributed by atoms with Crippen molar-refractivity contribution in [3.05, 3.63) is 40.3 Å². The Morgan fingerprint density at radius 3 is 2.57 bits per heavy atom. The standard InChI is InChI=1S/C14H16ClF3N4O/c1-9-13(15)11(21-22(9)2)7-19-5-10-3-4-12(20-6-10)23-8-14(16,17)18/h3-4,6,19H,5,7-8H2,1-2H3. The zero-order chi connectivity index (χ0) is 17.0. The summed E-state index contributed by atoms with van der Waals surface area (Å²) in [7, 11) is 1.81. The lowest BCUT2D eigenvalue weighted by Crippen LogP contribution is -2.19. The molecule has 126 valence electrons. The number of aromatic nitrogens is 3. The van der Waals surface area contributed by atoms with Gasteiger partial charge in [0.2, 0.25) is 5.88 Å². The Labute approximate surface area is 136 Å². The van der Waals surface area contributed by atoms with Gasteiger partial charge in [-0.25, -0.2) is 4.98 Å². The van der Waals surface area contributed by atoms with Crippen LogP contribution >= 0.6 is 11.6 Å². The second-order valence-electron chi connectivity index (χ2n) is 4.98. The number of ether oxygens (including phenoxy) is 1. The molecule has 9 heteroatoms. The molecular weight excluding hydrogens is 333 g/mol. The summed E-state index contributed by atoms with van der Waals surface area (Å²) in [4.78, 5) is 3.84. The lowest BCUT2D eigenvalue weighted by atomic mass is 10.3. The quantitative estimate of drug-likeness (QED) is 0.872. The Hall–Kier alpha value is -1.80. The van der Waals surface area contributed by atoms with Crippen LogP contribution in [-0.4, -0.2) is 27.5 Å². The highest BCUT2D eigenvalue weighted by Gasteiger charge is 2.28. The molecule has 0 radical (unpaired) electrons. The molecule has 0 fully saturated rings. The molecule has 0 saturated carbocycles. The van der Waals surface area contributed by atoms with Gasteiger partial charge in [-0.05, 0) is 12.5 Å². The third kappa shape index (κ3) is 5.11. The summed E-state index contributed by atoms with van der Waals surface area (Å²) in [5.74, 6) is -0.0607. The molecule has 2 rings (SSSR count). The van der Waals surface area contributed by atoms with Gasteiger partial charge in [-0.1, -0.05) is 17.7 Å². The van der Waals surface area contributed by atoms with Crippen LogP contribution in [0.25, 0.3) is 0 Å². The summed E-state index contributed by atoms with van der Waals surface area (Å²) in [5, 5.41) is 8.06. The largest absolute Gasteiger partial charge is 0.468 e. The SMILES string of the molecule is Cc1c(Cl)c(CNCc2ccc(OCC(F)(F)F)nc2)nn1C. The molecule has 0 aliphatic carbocycles. The maximum absolute atomic E-state index is 12.0. The molecule has 1 N–H and O–H groups in total. The Bertz CT molecular complexity index is 655. The van der Waals surface area contributed by atoms with Crippen LogP contribution in [0.5, 0.6) is 5.88 Å². The van der Waals surface area contributed by atoms with Crippen molar-refractivity contribution in [2.24, 2.45) is 7.05 Å². The predicted molar refractivity (Wildman–Crippen MR) is 79.3 cm³/mol. The molecule has 0 saturated heterocycles. The van der Waals surface area contributed by atoms with Gasteiger partial charge in [0.05, 0.1) is 16.4 Å². The molecule has 5 nitrogen and oxygen atoms in total. The van der Waals surface area contributed by atoms with Gasteiger partial charge in [-0.2, -0.15) is 18.3 Å². The summed E-state index contributed by atoms with van der Waals surface area (Å²) in [6.07, 6.45) is -2.91. The smallest absolute Gasteiger partial charge is 0.422 e. The Morgan fingerprint density at radius 1 is 1.30 bits per heavy atom. The topological polar surface area (TPSA) is 52.0 Å². The van der Waals surface area contributed by atoms with Crippen molar-refractivity contribution < 1.29 is 17.9 Å². The zero-order valence-corrected chi connectivity index (χ0v) is 13.4. The number of nitrogens with one attached hydrogen (secondary N) is 1. The fourth-order valence-corrected chi connectivity index (χ4v) is 2.07. The lowest BCUT2D eigenvalue weighted by Gasteiger charge is -2.09. The number of hydrogen-bond donors (Lipinski definition) is 1. The molecule has 0 amide bonds. The van der Waals surface area contributed by atoms with E-state index in [2.05, 4.69) is 20.1 Å². The third-order valence-electron chi connectivity index (χ3n) is 3.13. The summed E-state index contributed by atoms with van der Waals surface area (Å²) in [6, 6.07) is 3.05. The average Bonchev–Trinajstić information content (AvgIpc) is 2.73. The van der Waals surface area contributed by atoms with Crippen LogP contribution in [0.1, 0.15) is 17.0 Å². The number of hydrogen-bond acceptors (Lipinski definition) is 4. The highest BCUT2D eigenvalue weighted by Crippen LogP contribution is 2.19. The molecule has 0 atom stereocenters. The van der Waals surface area contributed by atoms with E-state index in [0.717, 1.165) is 17.0 Å². The molecule has 0 aliphatic rings. The van der Waals surface area contributed by atoms with Gasteiger partial charge >= 0.3 is 6.18 Å². The lowest BCUT2D eigenvalue weighted by molar-refractivity contribution is -0.154. The van der Waals surface area contributed by atoms with Crippen LogP contribution in [0.3, 0.4) is 0 Å². The summed E-state index contributed by atoms with van der Waals surface area (Å²) in [5.41, 5.74) is 2.44. The molecule has 0 bridgehead atoms. The molecule has 2 aromatic rings. The second-order valence-corrected chi connectivity index (χ2v) is 5.36. The number of aryl methyl sites for hydroxylation is 1. The van der Waals surface area contributed by atoms with E-state index in [9.17, 15) is 13.2 Å². The van der Waals surface area contributed by atoms with Crippen LogP contribution in [-0.2, 0) is 20.1 Å². The number of pyridine rings is 1. The molecule has 0 unspecified atom stereocenters. The van der Waals surface area contributed by atoms with E-state index in [-0.39, 0.29) is 5.88 Å². The Balaban J connectivity index is 1.83. The minimum atomic E-state index is -4.37. The van der Waals surface area contributed by atoms with Gasteiger partial charge in [-0.15, -0.1) is 0 Å². The minimum Gasteiger partial charge on any atom is -0.468 e. The number of nitrogens with zero attached hydrogens (tertiary/aromatic N) is 3. The van der Waals surface area contributed by atoms with E-state index in [1.165, 1.54) is 12.3 Å². The van der Waals surface area contributed by atoms with Crippen molar-refractivity contribution in [1.82, 2.24) is 20.1 Å². The van der Waals surface area contributed by atoms with Gasteiger partial charge in [0.25, 0.3) is 0 Å². The van der Waals surface area contributed by atoms with Crippen molar-refractivity contribution in [3.8, 4) is 5.88 Å². The zero-order valence-electron chi connectivity index (χ0n) is 12.6. The van der Waals surface area contributed by atoms with Crippen LogP contribution < -0.4 is 10.1 Å². The first-order valence-corrected chi connectivity index (χ1v) is 7.17. The molecule has 2 aromatic heterocycles. The van der Waals surface area contributed by atoms with E-state index in [0.29, 0.717) is 18.1 Å². The number of rotatable bonds is 6. The average molecular weight is 349 g/mol. The molecule has 2 heterocycles. The van der Waals surface area contributed by atoms with Crippen molar-refractivity contribution in [1.29, 1.82) is 0 Å². The van der Waals surface area contributed by atoms with Crippen molar-refractivity contribution in [3.63, 3.8) is 0 Å². The Morgan fingerprint density at radius 2 is 2.04 bits per heavy atom. The van der Waals surface area contributed by atoms with E-state index in [1.54, 1.807) is 10.7 Å². The molecule has 0 aliphatic heterocycles. The molecule has 0 aromatic carbocycles. The number of alkyl halides is 3. The van der Waals surface area contributed by atoms with Gasteiger partial charge in [0.15, 0.2) is 6.61 Å². The molecular formula is C14H16ClF3N4O. The maximum atomic E-state index is 12.0. The summed E-state index contributed by atoms with van der Waals surface area (Å²) < 4.78 is 42.3. The van der Waals surface area contributed by atoms with Crippen LogP contribution in [0, 0.1) is 6.92 Å². The first-order valence-electron chi connectivity index (χ1n) is 6.79. The van der Waals surface area contributed by atoms with Crippen LogP contribution in [0.15, 0.2) is 18.3 Å². The van der Waals surface area contributed by atoms with Crippen molar-refractivity contribution in [2.75, 3.05) is 6.61 Å². The maximum Gasteiger partial charge on any atom is 0.422 e. The first-order chi connectivity index (χ1) is 10.8. The van der Waals surface area contributed by atoms with E-state index in [4.69, 9.17) is 11.6 Å². The summed E-state index contributed by atoms with van der Waals surface area (Å²) >= 11 is 6.14. The normalized spacial score (nSPS) is 11.7. The van der Waals surface area contributed by atoms with Gasteiger partial charge in [0, 0.05) is 32.4 Å². The molecule has 0 spiro atoms. The van der Waals surface area contributed by atoms with E-state index >= 15 is 0 Å². The van der Waals surface area contributed by atoms with Gasteiger partial charge in [0.1, 0.15) is 0 Å². The second kappa shape index (κ2) is 7.18.